The summed E-state index contributed by atoms with van der Waals surface area (Å²) in [6.45, 7) is 4.04. The number of aryl methyl sites for hydroxylation is 1. The molecule has 0 radical (unpaired) electrons. The number of hydrogen-bond donors (Lipinski definition) is 1. The lowest BCUT2D eigenvalue weighted by atomic mass is 10.2. The van der Waals surface area contributed by atoms with Gasteiger partial charge in [0.15, 0.2) is 0 Å². The van der Waals surface area contributed by atoms with Crippen molar-refractivity contribution in [1.82, 2.24) is 10.2 Å². The maximum Gasteiger partial charge on any atom is 0.401 e. The third-order valence-corrected chi connectivity index (χ3v) is 2.73. The van der Waals surface area contributed by atoms with Crippen LogP contribution in [0.15, 0.2) is 10.5 Å². The van der Waals surface area contributed by atoms with Gasteiger partial charge in [-0.25, -0.2) is 0 Å². The first-order valence-electron chi connectivity index (χ1n) is 6.37. The van der Waals surface area contributed by atoms with E-state index in [0.717, 1.165) is 11.3 Å². The Bertz CT molecular complexity index is 388. The van der Waals surface area contributed by atoms with Crippen LogP contribution in [0.4, 0.5) is 13.2 Å². The molecule has 0 aromatic carbocycles. The van der Waals surface area contributed by atoms with E-state index in [0.29, 0.717) is 25.3 Å². The molecule has 1 heterocycles. The van der Waals surface area contributed by atoms with Crippen molar-refractivity contribution < 1.29 is 17.6 Å². The Kier molecular flexibility index (Phi) is 5.87. The second-order valence-electron chi connectivity index (χ2n) is 4.68. The van der Waals surface area contributed by atoms with E-state index in [2.05, 4.69) is 5.32 Å². The summed E-state index contributed by atoms with van der Waals surface area (Å²) >= 11 is 0. The van der Waals surface area contributed by atoms with Gasteiger partial charge in [-0.05, 0) is 38.6 Å². The van der Waals surface area contributed by atoms with Crippen molar-refractivity contribution in [1.29, 1.82) is 0 Å². The van der Waals surface area contributed by atoms with E-state index in [-0.39, 0.29) is 6.54 Å². The third kappa shape index (κ3) is 5.65. The molecule has 0 fully saturated rings. The van der Waals surface area contributed by atoms with Gasteiger partial charge >= 0.3 is 6.18 Å². The molecule has 0 amide bonds. The monoisotopic (exact) mass is 278 g/mol. The molecular formula is C13H21F3N2O. The summed E-state index contributed by atoms with van der Waals surface area (Å²) < 4.78 is 42.9. The average molecular weight is 278 g/mol. The third-order valence-electron chi connectivity index (χ3n) is 2.73. The first-order chi connectivity index (χ1) is 8.85. The minimum absolute atomic E-state index is 0.192. The summed E-state index contributed by atoms with van der Waals surface area (Å²) in [5, 5.41) is 2.97. The molecule has 0 saturated carbocycles. The zero-order valence-corrected chi connectivity index (χ0v) is 11.6. The Hall–Kier alpha value is -1.01. The summed E-state index contributed by atoms with van der Waals surface area (Å²) in [4.78, 5) is 1.36. The lowest BCUT2D eigenvalue weighted by Gasteiger charge is -2.21. The molecular weight excluding hydrogens is 257 g/mol. The number of halogens is 3. The molecule has 1 aromatic rings. The van der Waals surface area contributed by atoms with Gasteiger partial charge in [0.2, 0.25) is 0 Å². The first kappa shape index (κ1) is 16.0. The number of alkyl halides is 3. The summed E-state index contributed by atoms with van der Waals surface area (Å²) in [7, 11) is 1.80. The first-order valence-corrected chi connectivity index (χ1v) is 6.37. The fourth-order valence-corrected chi connectivity index (χ4v) is 2.01. The molecule has 0 spiro atoms. The molecule has 0 aliphatic rings. The number of nitrogens with one attached hydrogen (secondary N) is 1. The molecule has 0 atom stereocenters. The minimum Gasteiger partial charge on any atom is -0.463 e. The van der Waals surface area contributed by atoms with Crippen molar-refractivity contribution in [2.45, 2.75) is 39.5 Å². The molecule has 0 unspecified atom stereocenters. The molecule has 0 bridgehead atoms. The predicted octanol–water partition coefficient (Wildman–Crippen LogP) is 3.08. The van der Waals surface area contributed by atoms with Crippen molar-refractivity contribution in [3.8, 4) is 0 Å². The minimum atomic E-state index is -4.18. The van der Waals surface area contributed by atoms with Gasteiger partial charge in [-0.15, -0.1) is 0 Å². The van der Waals surface area contributed by atoms with Crippen LogP contribution >= 0.6 is 0 Å². The highest BCUT2D eigenvalue weighted by Crippen LogP contribution is 2.20. The SMILES string of the molecule is CCCN(Cc1cc(C)c(CNC)o1)CC(F)(F)F. The highest BCUT2D eigenvalue weighted by atomic mass is 19.4. The summed E-state index contributed by atoms with van der Waals surface area (Å²) in [6, 6.07) is 1.81. The number of hydrogen-bond acceptors (Lipinski definition) is 3. The highest BCUT2D eigenvalue weighted by molar-refractivity contribution is 5.20. The van der Waals surface area contributed by atoms with Crippen molar-refractivity contribution in [3.63, 3.8) is 0 Å². The Balaban J connectivity index is 2.70. The van der Waals surface area contributed by atoms with E-state index >= 15 is 0 Å². The van der Waals surface area contributed by atoms with Gasteiger partial charge in [-0.2, -0.15) is 13.2 Å². The molecule has 19 heavy (non-hydrogen) atoms. The Morgan fingerprint density at radius 2 is 2.05 bits per heavy atom. The number of rotatable bonds is 7. The van der Waals surface area contributed by atoms with Crippen molar-refractivity contribution in [3.05, 3.63) is 23.2 Å². The molecule has 0 aliphatic carbocycles. The largest absolute Gasteiger partial charge is 0.463 e. The lowest BCUT2D eigenvalue weighted by Crippen LogP contribution is -2.34. The maximum atomic E-state index is 12.5. The van der Waals surface area contributed by atoms with Crippen LogP contribution in [0.3, 0.4) is 0 Å². The van der Waals surface area contributed by atoms with Crippen molar-refractivity contribution >= 4 is 0 Å². The molecule has 1 rings (SSSR count). The smallest absolute Gasteiger partial charge is 0.401 e. The Labute approximate surface area is 111 Å². The van der Waals surface area contributed by atoms with Crippen LogP contribution in [-0.2, 0) is 13.1 Å². The predicted molar refractivity (Wildman–Crippen MR) is 67.8 cm³/mol. The van der Waals surface area contributed by atoms with Crippen LogP contribution in [0, 0.1) is 6.92 Å². The Morgan fingerprint density at radius 1 is 1.37 bits per heavy atom. The van der Waals surface area contributed by atoms with E-state index in [9.17, 15) is 13.2 Å². The maximum absolute atomic E-state index is 12.5. The second kappa shape index (κ2) is 6.96. The van der Waals surface area contributed by atoms with Gasteiger partial charge in [0.1, 0.15) is 11.5 Å². The second-order valence-corrected chi connectivity index (χ2v) is 4.68. The molecule has 0 aliphatic heterocycles. The van der Waals surface area contributed by atoms with Gasteiger partial charge in [0, 0.05) is 0 Å². The average Bonchev–Trinajstić information content (AvgIpc) is 2.57. The topological polar surface area (TPSA) is 28.4 Å². The van der Waals surface area contributed by atoms with Crippen LogP contribution in [0.25, 0.3) is 0 Å². The summed E-state index contributed by atoms with van der Waals surface area (Å²) in [5.41, 5.74) is 0.966. The van der Waals surface area contributed by atoms with Crippen LogP contribution in [0.5, 0.6) is 0 Å². The van der Waals surface area contributed by atoms with E-state index in [1.807, 2.05) is 19.9 Å². The van der Waals surface area contributed by atoms with E-state index in [4.69, 9.17) is 4.42 Å². The van der Waals surface area contributed by atoms with Crippen LogP contribution < -0.4 is 5.32 Å². The highest BCUT2D eigenvalue weighted by Gasteiger charge is 2.30. The van der Waals surface area contributed by atoms with E-state index in [1.54, 1.807) is 7.05 Å². The molecule has 3 nitrogen and oxygen atoms in total. The number of furan rings is 1. The van der Waals surface area contributed by atoms with Gasteiger partial charge in [0.05, 0.1) is 19.6 Å². The zero-order chi connectivity index (χ0) is 14.5. The normalized spacial score (nSPS) is 12.4. The summed E-state index contributed by atoms with van der Waals surface area (Å²) in [5.74, 6) is 1.36. The molecule has 0 saturated heterocycles. The fourth-order valence-electron chi connectivity index (χ4n) is 2.01. The van der Waals surface area contributed by atoms with Crippen LogP contribution in [0.2, 0.25) is 0 Å². The van der Waals surface area contributed by atoms with Crippen molar-refractivity contribution in [2.75, 3.05) is 20.1 Å². The molecule has 110 valence electrons. The van der Waals surface area contributed by atoms with Gasteiger partial charge in [-0.1, -0.05) is 6.92 Å². The zero-order valence-electron chi connectivity index (χ0n) is 11.6. The molecule has 6 heteroatoms. The van der Waals surface area contributed by atoms with E-state index in [1.165, 1.54) is 4.90 Å². The van der Waals surface area contributed by atoms with Gasteiger partial charge < -0.3 is 9.73 Å². The van der Waals surface area contributed by atoms with E-state index < -0.39 is 12.7 Å². The van der Waals surface area contributed by atoms with Crippen LogP contribution in [-0.4, -0.2) is 31.2 Å². The standard InChI is InChI=1S/C13H21F3N2O/c1-4-5-18(9-13(14,15)16)8-11-6-10(2)12(19-11)7-17-3/h6,17H,4-5,7-9H2,1-3H3. The lowest BCUT2D eigenvalue weighted by molar-refractivity contribution is -0.147. The number of nitrogens with zero attached hydrogens (tertiary/aromatic N) is 1. The quantitative estimate of drug-likeness (QED) is 0.831. The Morgan fingerprint density at radius 3 is 2.58 bits per heavy atom. The van der Waals surface area contributed by atoms with Crippen LogP contribution in [0.1, 0.15) is 30.4 Å². The summed E-state index contributed by atoms with van der Waals surface area (Å²) in [6.07, 6.45) is -3.50. The fraction of sp³-hybridized carbons (Fsp3) is 0.692. The van der Waals surface area contributed by atoms with Gasteiger partial charge in [0.25, 0.3) is 0 Å². The van der Waals surface area contributed by atoms with Gasteiger partial charge in [-0.3, -0.25) is 4.90 Å². The molecule has 1 N–H and O–H groups in total. The molecule has 1 aromatic heterocycles. The van der Waals surface area contributed by atoms with Crippen molar-refractivity contribution in [2.24, 2.45) is 0 Å².